The zero-order valence-corrected chi connectivity index (χ0v) is 29.9. The van der Waals surface area contributed by atoms with Crippen LogP contribution in [-0.4, -0.2) is 0 Å². The number of benzene rings is 9. The quantitative estimate of drug-likeness (QED) is 0.166. The van der Waals surface area contributed by atoms with E-state index in [0.29, 0.717) is 0 Å². The van der Waals surface area contributed by atoms with Gasteiger partial charge in [0.25, 0.3) is 0 Å². The lowest BCUT2D eigenvalue weighted by Gasteiger charge is -2.39. The molecule has 55 heavy (non-hydrogen) atoms. The fourth-order valence-corrected chi connectivity index (χ4v) is 11.0. The van der Waals surface area contributed by atoms with Crippen LogP contribution >= 0.6 is 0 Å². The van der Waals surface area contributed by atoms with Crippen LogP contribution in [0.1, 0.15) is 44.5 Å². The minimum absolute atomic E-state index is 0.394. The van der Waals surface area contributed by atoms with Crippen molar-refractivity contribution in [3.63, 3.8) is 0 Å². The first-order chi connectivity index (χ1) is 27.3. The SMILES string of the molecule is c1ccc2c(c1)Oc1ccc(-c3ccc4c(c3)-c3ccccc3C43c4ccccc4-c4cc5ccccc5cc43)cc1C21c2ccccc2-c2ccccc21. The molecule has 9 aromatic carbocycles. The van der Waals surface area contributed by atoms with E-state index in [1.807, 2.05) is 0 Å². The van der Waals surface area contributed by atoms with E-state index in [2.05, 4.69) is 194 Å². The fraction of sp³-hybridized carbons (Fsp3) is 0.0370. The van der Waals surface area contributed by atoms with Crippen LogP contribution in [-0.2, 0) is 10.8 Å². The van der Waals surface area contributed by atoms with Crippen LogP contribution in [0.3, 0.4) is 0 Å². The highest BCUT2D eigenvalue weighted by Gasteiger charge is 2.53. The Morgan fingerprint density at radius 2 is 0.673 bits per heavy atom. The van der Waals surface area contributed by atoms with Crippen LogP contribution < -0.4 is 4.74 Å². The molecule has 0 aromatic heterocycles. The molecule has 0 amide bonds. The second kappa shape index (κ2) is 10.4. The molecule has 254 valence electrons. The number of ether oxygens (including phenoxy) is 1. The van der Waals surface area contributed by atoms with Gasteiger partial charge in [0, 0.05) is 11.1 Å². The maximum Gasteiger partial charge on any atom is 0.132 e. The normalized spacial score (nSPS) is 16.7. The minimum Gasteiger partial charge on any atom is -0.457 e. The molecule has 0 saturated carbocycles. The zero-order chi connectivity index (χ0) is 35.9. The van der Waals surface area contributed by atoms with Crippen molar-refractivity contribution in [1.82, 2.24) is 0 Å². The summed E-state index contributed by atoms with van der Waals surface area (Å²) in [5.41, 5.74) is 19.8. The Bertz CT molecular complexity index is 3100. The third-order valence-electron chi connectivity index (χ3n) is 13.1. The molecule has 9 aromatic rings. The van der Waals surface area contributed by atoms with Gasteiger partial charge in [0.1, 0.15) is 11.5 Å². The monoisotopic (exact) mass is 696 g/mol. The zero-order valence-electron chi connectivity index (χ0n) is 29.9. The van der Waals surface area contributed by atoms with Crippen molar-refractivity contribution in [2.45, 2.75) is 10.8 Å². The summed E-state index contributed by atoms with van der Waals surface area (Å²) in [5.74, 6) is 1.82. The molecule has 13 rings (SSSR count). The van der Waals surface area contributed by atoms with E-state index in [1.54, 1.807) is 0 Å². The summed E-state index contributed by atoms with van der Waals surface area (Å²) in [6.45, 7) is 0. The maximum atomic E-state index is 6.77. The Kier molecular flexibility index (Phi) is 5.56. The second-order valence-corrected chi connectivity index (χ2v) is 15.5. The molecule has 1 heterocycles. The van der Waals surface area contributed by atoms with E-state index in [-0.39, 0.29) is 0 Å². The molecular formula is C54H32O. The van der Waals surface area contributed by atoms with Crippen LogP contribution in [0.15, 0.2) is 194 Å². The van der Waals surface area contributed by atoms with Crippen molar-refractivity contribution < 1.29 is 4.74 Å². The number of rotatable bonds is 1. The third kappa shape index (κ3) is 3.50. The van der Waals surface area contributed by atoms with Gasteiger partial charge in [0.05, 0.1) is 10.8 Å². The molecule has 4 aliphatic rings. The molecule has 0 saturated heterocycles. The lowest BCUT2D eigenvalue weighted by atomic mass is 9.65. The van der Waals surface area contributed by atoms with Crippen molar-refractivity contribution in [2.75, 3.05) is 0 Å². The molecule has 0 fully saturated rings. The Hall–Kier alpha value is -6.96. The van der Waals surface area contributed by atoms with Gasteiger partial charge in [-0.1, -0.05) is 158 Å². The van der Waals surface area contributed by atoms with Gasteiger partial charge in [-0.25, -0.2) is 0 Å². The van der Waals surface area contributed by atoms with Gasteiger partial charge >= 0.3 is 0 Å². The first-order valence-corrected chi connectivity index (χ1v) is 19.3. The van der Waals surface area contributed by atoms with Gasteiger partial charge in [-0.15, -0.1) is 0 Å². The highest BCUT2D eigenvalue weighted by molar-refractivity contribution is 6.00. The smallest absolute Gasteiger partial charge is 0.132 e. The molecule has 1 heteroatoms. The van der Waals surface area contributed by atoms with Gasteiger partial charge in [-0.3, -0.25) is 0 Å². The summed E-state index contributed by atoms with van der Waals surface area (Å²) in [4.78, 5) is 0. The summed E-state index contributed by atoms with van der Waals surface area (Å²) in [5, 5.41) is 2.55. The average Bonchev–Trinajstić information content (AvgIpc) is 3.83. The third-order valence-corrected chi connectivity index (χ3v) is 13.1. The molecule has 1 nitrogen and oxygen atoms in total. The van der Waals surface area contributed by atoms with Crippen LogP contribution in [0.5, 0.6) is 11.5 Å². The number of hydrogen-bond acceptors (Lipinski definition) is 1. The van der Waals surface area contributed by atoms with Gasteiger partial charge in [0.15, 0.2) is 0 Å². The van der Waals surface area contributed by atoms with Crippen LogP contribution in [0, 0.1) is 0 Å². The van der Waals surface area contributed by atoms with E-state index in [9.17, 15) is 0 Å². The van der Waals surface area contributed by atoms with Crippen molar-refractivity contribution in [1.29, 1.82) is 0 Å². The highest BCUT2D eigenvalue weighted by atomic mass is 16.5. The Labute approximate surface area is 319 Å². The summed E-state index contributed by atoms with van der Waals surface area (Å²) in [7, 11) is 0. The van der Waals surface area contributed by atoms with Crippen LogP contribution in [0.2, 0.25) is 0 Å². The van der Waals surface area contributed by atoms with Gasteiger partial charge < -0.3 is 4.74 Å². The van der Waals surface area contributed by atoms with Crippen molar-refractivity contribution in [2.24, 2.45) is 0 Å². The molecule has 3 aliphatic carbocycles. The largest absolute Gasteiger partial charge is 0.457 e. The molecule has 1 unspecified atom stereocenters. The Morgan fingerprint density at radius 3 is 1.31 bits per heavy atom. The van der Waals surface area contributed by atoms with E-state index in [4.69, 9.17) is 4.74 Å². The van der Waals surface area contributed by atoms with E-state index >= 15 is 0 Å². The minimum atomic E-state index is -0.499. The molecule has 0 radical (unpaired) electrons. The van der Waals surface area contributed by atoms with E-state index in [1.165, 1.54) is 99.8 Å². The Morgan fingerprint density at radius 1 is 0.255 bits per heavy atom. The first kappa shape index (κ1) is 29.5. The Balaban J connectivity index is 1.06. The fourth-order valence-electron chi connectivity index (χ4n) is 11.0. The van der Waals surface area contributed by atoms with E-state index in [0.717, 1.165) is 11.5 Å². The number of para-hydroxylation sites is 1. The molecule has 1 atom stereocenters. The van der Waals surface area contributed by atoms with Crippen molar-refractivity contribution in [3.8, 4) is 56.0 Å². The summed E-state index contributed by atoms with van der Waals surface area (Å²) in [6, 6.07) is 72.4. The summed E-state index contributed by atoms with van der Waals surface area (Å²) < 4.78 is 6.77. The van der Waals surface area contributed by atoms with Crippen molar-refractivity contribution >= 4 is 10.8 Å². The highest BCUT2D eigenvalue weighted by Crippen LogP contribution is 2.65. The number of hydrogen-bond donors (Lipinski definition) is 0. The maximum absolute atomic E-state index is 6.77. The average molecular weight is 697 g/mol. The molecule has 0 N–H and O–H groups in total. The molecule has 0 bridgehead atoms. The van der Waals surface area contributed by atoms with Gasteiger partial charge in [-0.05, 0) is 125 Å². The van der Waals surface area contributed by atoms with Gasteiger partial charge in [0.2, 0.25) is 0 Å². The predicted octanol–water partition coefficient (Wildman–Crippen LogP) is 13.3. The lowest BCUT2D eigenvalue weighted by molar-refractivity contribution is 0.436. The van der Waals surface area contributed by atoms with Crippen molar-refractivity contribution in [3.05, 3.63) is 239 Å². The summed E-state index contributed by atoms with van der Waals surface area (Å²) in [6.07, 6.45) is 0. The standard InChI is InChI=1S/C54H32O/c1-2-14-34-31-49-42(29-33(34)13-1)40-18-6-10-22-46(40)53(49)45-21-9-5-17-39(45)41-30-35(25-27-47(41)53)36-26-28-52-50(32-36)54(48-23-11-12-24-51(48)55-52)43-19-7-3-15-37(43)38-16-4-8-20-44(38)54/h1-32H. The van der Waals surface area contributed by atoms with E-state index < -0.39 is 10.8 Å². The molecule has 1 aliphatic heterocycles. The van der Waals surface area contributed by atoms with Gasteiger partial charge in [-0.2, -0.15) is 0 Å². The van der Waals surface area contributed by atoms with Crippen LogP contribution in [0.25, 0.3) is 55.3 Å². The second-order valence-electron chi connectivity index (χ2n) is 15.5. The summed E-state index contributed by atoms with van der Waals surface area (Å²) >= 11 is 0. The molecule has 2 spiro atoms. The molecular weight excluding hydrogens is 665 g/mol. The van der Waals surface area contributed by atoms with Crippen LogP contribution in [0.4, 0.5) is 0 Å². The lowest BCUT2D eigenvalue weighted by Crippen LogP contribution is -2.32. The first-order valence-electron chi connectivity index (χ1n) is 19.3. The predicted molar refractivity (Wildman–Crippen MR) is 223 cm³/mol. The topological polar surface area (TPSA) is 9.23 Å². The number of fused-ring (bicyclic) bond motifs is 20.